The third kappa shape index (κ3) is 6.70. The summed E-state index contributed by atoms with van der Waals surface area (Å²) >= 11 is 5.38. The van der Waals surface area contributed by atoms with Crippen LogP contribution < -0.4 is 30.2 Å². The lowest BCUT2D eigenvalue weighted by atomic mass is 10.1. The van der Waals surface area contributed by atoms with E-state index < -0.39 is 5.91 Å². The predicted octanol–water partition coefficient (Wildman–Crippen LogP) is 6.32. The highest BCUT2D eigenvalue weighted by molar-refractivity contribution is 7.80. The van der Waals surface area contributed by atoms with Crippen LogP contribution in [-0.4, -0.2) is 36.7 Å². The second-order valence-corrected chi connectivity index (χ2v) is 9.05. The van der Waals surface area contributed by atoms with Crippen LogP contribution in [0.15, 0.2) is 65.1 Å². The lowest BCUT2D eigenvalue weighted by molar-refractivity contribution is 0.0974. The SMILES string of the molecule is CCOc1cc(C(=O)NC(=S)Nc2ccc(NC(=O)c3cc4ccccc4o3)c(C)c2)cc(OCC)c1OCC. The van der Waals surface area contributed by atoms with E-state index in [0.717, 1.165) is 10.9 Å². The van der Waals surface area contributed by atoms with E-state index in [1.807, 2.05) is 58.0 Å². The van der Waals surface area contributed by atoms with Crippen LogP contribution in [0.5, 0.6) is 17.2 Å². The van der Waals surface area contributed by atoms with Crippen molar-refractivity contribution in [3.8, 4) is 17.2 Å². The molecule has 4 rings (SSSR count). The number of carbonyl (C=O) groups excluding carboxylic acids is 2. The van der Waals surface area contributed by atoms with Crippen molar-refractivity contribution in [1.82, 2.24) is 5.32 Å². The van der Waals surface area contributed by atoms with E-state index in [2.05, 4.69) is 16.0 Å². The molecule has 0 unspecified atom stereocenters. The number of carbonyl (C=O) groups is 2. The number of aryl methyl sites for hydroxylation is 1. The zero-order chi connectivity index (χ0) is 28.6. The molecule has 10 heteroatoms. The summed E-state index contributed by atoms with van der Waals surface area (Å²) in [6.45, 7) is 8.61. The minimum atomic E-state index is -0.436. The molecule has 0 aliphatic rings. The number of rotatable bonds is 10. The first kappa shape index (κ1) is 28.4. The molecule has 208 valence electrons. The number of para-hydroxylation sites is 1. The highest BCUT2D eigenvalue weighted by atomic mass is 32.1. The summed E-state index contributed by atoms with van der Waals surface area (Å²) in [7, 11) is 0. The van der Waals surface area contributed by atoms with Gasteiger partial charge in [0.25, 0.3) is 11.8 Å². The summed E-state index contributed by atoms with van der Waals surface area (Å²) in [6, 6.07) is 17.6. The Morgan fingerprint density at radius 2 is 1.50 bits per heavy atom. The van der Waals surface area contributed by atoms with E-state index in [1.54, 1.807) is 30.3 Å². The van der Waals surface area contributed by atoms with Crippen molar-refractivity contribution in [2.75, 3.05) is 30.5 Å². The Kier molecular flexibility index (Phi) is 9.23. The van der Waals surface area contributed by atoms with E-state index in [9.17, 15) is 9.59 Å². The van der Waals surface area contributed by atoms with Crippen LogP contribution >= 0.6 is 12.2 Å². The van der Waals surface area contributed by atoms with Crippen LogP contribution in [0, 0.1) is 6.92 Å². The molecule has 1 heterocycles. The molecule has 0 atom stereocenters. The van der Waals surface area contributed by atoms with E-state index >= 15 is 0 Å². The number of fused-ring (bicyclic) bond motifs is 1. The first-order chi connectivity index (χ1) is 19.3. The van der Waals surface area contributed by atoms with E-state index in [-0.39, 0.29) is 16.8 Å². The molecule has 4 aromatic rings. The highest BCUT2D eigenvalue weighted by Crippen LogP contribution is 2.39. The molecule has 0 radical (unpaired) electrons. The van der Waals surface area contributed by atoms with Gasteiger partial charge in [-0.05, 0) is 87.9 Å². The topological polar surface area (TPSA) is 111 Å². The van der Waals surface area contributed by atoms with Gasteiger partial charge in [-0.1, -0.05) is 18.2 Å². The van der Waals surface area contributed by atoms with Crippen LogP contribution in [0.25, 0.3) is 11.0 Å². The average Bonchev–Trinajstić information content (AvgIpc) is 3.37. The molecule has 2 amide bonds. The Hall–Kier alpha value is -4.57. The van der Waals surface area contributed by atoms with Crippen molar-refractivity contribution in [3.05, 3.63) is 77.6 Å². The first-order valence-corrected chi connectivity index (χ1v) is 13.3. The summed E-state index contributed by atoms with van der Waals surface area (Å²) in [4.78, 5) is 25.7. The Balaban J connectivity index is 1.42. The van der Waals surface area contributed by atoms with Crippen LogP contribution in [0.1, 0.15) is 47.2 Å². The van der Waals surface area contributed by atoms with Gasteiger partial charge in [-0.2, -0.15) is 0 Å². The fourth-order valence-electron chi connectivity index (χ4n) is 4.02. The van der Waals surface area contributed by atoms with Gasteiger partial charge in [-0.25, -0.2) is 0 Å². The summed E-state index contributed by atoms with van der Waals surface area (Å²) in [5.74, 6) is 0.711. The largest absolute Gasteiger partial charge is 0.490 e. The maximum Gasteiger partial charge on any atom is 0.291 e. The first-order valence-electron chi connectivity index (χ1n) is 12.9. The molecule has 0 fully saturated rings. The molecule has 0 saturated heterocycles. The van der Waals surface area contributed by atoms with Gasteiger partial charge in [0.05, 0.1) is 19.8 Å². The molecule has 1 aromatic heterocycles. The minimum Gasteiger partial charge on any atom is -0.490 e. The van der Waals surface area contributed by atoms with Gasteiger partial charge >= 0.3 is 0 Å². The second-order valence-electron chi connectivity index (χ2n) is 8.64. The Morgan fingerprint density at radius 1 is 0.825 bits per heavy atom. The highest BCUT2D eigenvalue weighted by Gasteiger charge is 2.19. The van der Waals surface area contributed by atoms with Gasteiger partial charge in [-0.3, -0.25) is 14.9 Å². The summed E-state index contributed by atoms with van der Waals surface area (Å²) < 4.78 is 22.7. The summed E-state index contributed by atoms with van der Waals surface area (Å²) in [5.41, 5.74) is 3.00. The van der Waals surface area contributed by atoms with Gasteiger partial charge < -0.3 is 29.3 Å². The number of benzene rings is 3. The molecular formula is C30H31N3O6S. The maximum atomic E-state index is 13.0. The normalized spacial score (nSPS) is 10.6. The smallest absolute Gasteiger partial charge is 0.291 e. The van der Waals surface area contributed by atoms with Crippen LogP contribution in [0.2, 0.25) is 0 Å². The molecule has 0 saturated carbocycles. The van der Waals surface area contributed by atoms with Crippen LogP contribution in [-0.2, 0) is 0 Å². The molecule has 0 bridgehead atoms. The monoisotopic (exact) mass is 561 g/mol. The molecule has 0 aliphatic carbocycles. The molecular weight excluding hydrogens is 530 g/mol. The van der Waals surface area contributed by atoms with Crippen molar-refractivity contribution in [1.29, 1.82) is 0 Å². The van der Waals surface area contributed by atoms with Gasteiger partial charge in [0.2, 0.25) is 5.75 Å². The standard InChI is InChI=1S/C30H31N3O6S/c1-5-36-24-16-20(17-25(37-6-2)27(24)38-7-3)28(34)33-30(40)31-21-12-13-22(18(4)14-21)32-29(35)26-15-19-10-8-9-11-23(19)39-26/h8-17H,5-7H2,1-4H3,(H,32,35)(H2,31,33,34,40). The lowest BCUT2D eigenvalue weighted by Crippen LogP contribution is -2.34. The Morgan fingerprint density at radius 3 is 2.12 bits per heavy atom. The third-order valence-electron chi connectivity index (χ3n) is 5.78. The van der Waals surface area contributed by atoms with Crippen LogP contribution in [0.3, 0.4) is 0 Å². The van der Waals surface area contributed by atoms with Crippen molar-refractivity contribution >= 4 is 51.5 Å². The zero-order valence-electron chi connectivity index (χ0n) is 22.8. The maximum absolute atomic E-state index is 13.0. The fourth-order valence-corrected chi connectivity index (χ4v) is 4.23. The van der Waals surface area contributed by atoms with Gasteiger partial charge in [0, 0.05) is 22.3 Å². The fraction of sp³-hybridized carbons (Fsp3) is 0.233. The van der Waals surface area contributed by atoms with Gasteiger partial charge in [0.15, 0.2) is 22.4 Å². The molecule has 0 aliphatic heterocycles. The van der Waals surface area contributed by atoms with Gasteiger partial charge in [-0.15, -0.1) is 0 Å². The number of nitrogens with one attached hydrogen (secondary N) is 3. The average molecular weight is 562 g/mol. The van der Waals surface area contributed by atoms with Crippen molar-refractivity contribution in [3.63, 3.8) is 0 Å². The third-order valence-corrected chi connectivity index (χ3v) is 5.98. The number of furan rings is 1. The van der Waals surface area contributed by atoms with Crippen molar-refractivity contribution in [2.45, 2.75) is 27.7 Å². The number of amides is 2. The quantitative estimate of drug-likeness (QED) is 0.193. The summed E-state index contributed by atoms with van der Waals surface area (Å²) in [6.07, 6.45) is 0. The van der Waals surface area contributed by atoms with Crippen LogP contribution in [0.4, 0.5) is 11.4 Å². The minimum absolute atomic E-state index is 0.105. The number of thiocarbonyl (C=S) groups is 1. The van der Waals surface area contributed by atoms with Crippen molar-refractivity contribution < 1.29 is 28.2 Å². The van der Waals surface area contributed by atoms with E-state index in [4.69, 9.17) is 30.8 Å². The van der Waals surface area contributed by atoms with E-state index in [0.29, 0.717) is 59.6 Å². The number of anilines is 2. The molecule has 9 nitrogen and oxygen atoms in total. The number of hydrogen-bond donors (Lipinski definition) is 3. The van der Waals surface area contributed by atoms with E-state index in [1.165, 1.54) is 0 Å². The Labute approximate surface area is 237 Å². The predicted molar refractivity (Wildman–Crippen MR) is 159 cm³/mol. The van der Waals surface area contributed by atoms with Gasteiger partial charge in [0.1, 0.15) is 5.58 Å². The molecule has 40 heavy (non-hydrogen) atoms. The number of hydrogen-bond acceptors (Lipinski definition) is 7. The number of ether oxygens (including phenoxy) is 3. The van der Waals surface area contributed by atoms with Crippen molar-refractivity contribution in [2.24, 2.45) is 0 Å². The Bertz CT molecular complexity index is 1490. The second kappa shape index (κ2) is 13.0. The molecule has 0 spiro atoms. The lowest BCUT2D eigenvalue weighted by Gasteiger charge is -2.17. The summed E-state index contributed by atoms with van der Waals surface area (Å²) in [5, 5.41) is 9.52. The molecule has 3 N–H and O–H groups in total. The molecule has 3 aromatic carbocycles. The zero-order valence-corrected chi connectivity index (χ0v) is 23.6.